The number of hydrogen-bond donors (Lipinski definition) is 2. The third-order valence-corrected chi connectivity index (χ3v) is 7.87. The summed E-state index contributed by atoms with van der Waals surface area (Å²) in [6.07, 6.45) is 10.4. The van der Waals surface area contributed by atoms with Gasteiger partial charge in [-0.2, -0.15) is 10.2 Å². The van der Waals surface area contributed by atoms with Gasteiger partial charge in [-0.25, -0.2) is 0 Å². The van der Waals surface area contributed by atoms with Crippen LogP contribution in [0.25, 0.3) is 0 Å². The number of H-pyrrole nitrogens is 2. The molecule has 0 bridgehead atoms. The monoisotopic (exact) mass is 470 g/mol. The predicted octanol–water partition coefficient (Wildman–Crippen LogP) is 4.02. The van der Waals surface area contributed by atoms with Crippen molar-refractivity contribution in [3.05, 3.63) is 56.9 Å². The van der Waals surface area contributed by atoms with E-state index in [4.69, 9.17) is 0 Å². The standard InChI is InChI=1S/C12H12N2O2S.C10H10N2O2S/c15-9-4-10(17-6-7-2-1-3-7)12(16)8-5-13-14-11(8)9;1-2-3-15-8-4-7(13)9-6(10(8)14)5-11-12-9/h4-5,7H,1-3,6H2,(H,13,14);4-5H,2-3H2,1H3,(H,11,12). The Morgan fingerprint density at radius 2 is 1.41 bits per heavy atom. The molecule has 0 saturated heterocycles. The molecule has 0 radical (unpaired) electrons. The number of aromatic nitrogens is 4. The summed E-state index contributed by atoms with van der Waals surface area (Å²) in [4.78, 5) is 48.2. The maximum atomic E-state index is 12.0. The number of hydrogen-bond acceptors (Lipinski definition) is 8. The molecule has 2 aromatic heterocycles. The molecule has 5 rings (SSSR count). The molecule has 1 saturated carbocycles. The zero-order valence-electron chi connectivity index (χ0n) is 17.5. The minimum absolute atomic E-state index is 0.0716. The Balaban J connectivity index is 0.000000155. The van der Waals surface area contributed by atoms with Gasteiger partial charge in [-0.05, 0) is 30.9 Å². The SMILES string of the molecule is CCCSC1=CC(=O)c2[nH]ncc2C1=O.O=C1C(SCC2CCC2)=CC(=O)c2[nH]ncc21. The Morgan fingerprint density at radius 1 is 0.875 bits per heavy atom. The van der Waals surface area contributed by atoms with E-state index in [2.05, 4.69) is 20.4 Å². The minimum atomic E-state index is -0.166. The number of thioether (sulfide) groups is 2. The summed E-state index contributed by atoms with van der Waals surface area (Å²) in [5.41, 5.74) is 1.43. The van der Waals surface area contributed by atoms with E-state index >= 15 is 0 Å². The van der Waals surface area contributed by atoms with Gasteiger partial charge in [0.2, 0.25) is 23.1 Å². The van der Waals surface area contributed by atoms with Crippen LogP contribution in [0, 0.1) is 5.92 Å². The van der Waals surface area contributed by atoms with Crippen LogP contribution in [0.15, 0.2) is 34.4 Å². The fraction of sp³-hybridized carbons (Fsp3) is 0.364. The molecule has 2 N–H and O–H groups in total. The van der Waals surface area contributed by atoms with Crippen molar-refractivity contribution >= 4 is 46.7 Å². The molecule has 10 heteroatoms. The number of fused-ring (bicyclic) bond motifs is 2. The van der Waals surface area contributed by atoms with Gasteiger partial charge in [0.15, 0.2) is 0 Å². The highest BCUT2D eigenvalue weighted by atomic mass is 32.2. The molecule has 0 aromatic carbocycles. The maximum absolute atomic E-state index is 12.0. The Bertz CT molecular complexity index is 1140. The quantitative estimate of drug-likeness (QED) is 0.648. The molecule has 3 aliphatic carbocycles. The van der Waals surface area contributed by atoms with Crippen molar-refractivity contribution in [2.24, 2.45) is 5.92 Å². The van der Waals surface area contributed by atoms with E-state index in [1.165, 1.54) is 67.3 Å². The number of carbonyl (C=O) groups excluding carboxylic acids is 4. The zero-order chi connectivity index (χ0) is 22.7. The van der Waals surface area contributed by atoms with Crippen LogP contribution in [0.5, 0.6) is 0 Å². The van der Waals surface area contributed by atoms with Gasteiger partial charge >= 0.3 is 0 Å². The Morgan fingerprint density at radius 3 is 1.88 bits per heavy atom. The van der Waals surface area contributed by atoms with E-state index in [1.807, 2.05) is 6.92 Å². The lowest BCUT2D eigenvalue weighted by Gasteiger charge is -2.25. The highest BCUT2D eigenvalue weighted by Crippen LogP contribution is 2.34. The van der Waals surface area contributed by atoms with Crippen molar-refractivity contribution < 1.29 is 19.2 Å². The number of Topliss-reactive ketones (excluding diaryl/α,β-unsaturated/α-hetero) is 2. The van der Waals surface area contributed by atoms with E-state index in [1.54, 1.807) is 0 Å². The van der Waals surface area contributed by atoms with Gasteiger partial charge in [0.25, 0.3) is 0 Å². The number of allylic oxidation sites excluding steroid dienone is 4. The summed E-state index contributed by atoms with van der Waals surface area (Å²) in [7, 11) is 0. The van der Waals surface area contributed by atoms with E-state index in [0.29, 0.717) is 32.3 Å². The average molecular weight is 471 g/mol. The molecule has 0 unspecified atom stereocenters. The lowest BCUT2D eigenvalue weighted by atomic mass is 9.87. The van der Waals surface area contributed by atoms with Gasteiger partial charge in [-0.3, -0.25) is 29.4 Å². The van der Waals surface area contributed by atoms with Crippen LogP contribution in [-0.4, -0.2) is 55.0 Å². The van der Waals surface area contributed by atoms with Gasteiger partial charge < -0.3 is 0 Å². The van der Waals surface area contributed by atoms with Crippen LogP contribution in [0.1, 0.15) is 74.3 Å². The summed E-state index contributed by atoms with van der Waals surface area (Å²) in [5, 5.41) is 12.6. The topological polar surface area (TPSA) is 126 Å². The summed E-state index contributed by atoms with van der Waals surface area (Å²) < 4.78 is 0. The van der Waals surface area contributed by atoms with Crippen molar-refractivity contribution in [1.82, 2.24) is 20.4 Å². The molecule has 2 heterocycles. The molecule has 166 valence electrons. The summed E-state index contributed by atoms with van der Waals surface area (Å²) in [6, 6.07) is 0. The number of aromatic amines is 2. The first-order valence-corrected chi connectivity index (χ1v) is 12.4. The highest BCUT2D eigenvalue weighted by molar-refractivity contribution is 8.04. The van der Waals surface area contributed by atoms with Crippen molar-refractivity contribution in [3.63, 3.8) is 0 Å². The second-order valence-electron chi connectivity index (χ2n) is 7.68. The molecule has 0 spiro atoms. The number of carbonyl (C=O) groups is 4. The lowest BCUT2D eigenvalue weighted by molar-refractivity contribution is 0.0989. The van der Waals surface area contributed by atoms with Gasteiger partial charge in [0.05, 0.1) is 33.3 Å². The fourth-order valence-corrected chi connectivity index (χ4v) is 5.40. The molecule has 2 aromatic rings. The number of rotatable bonds is 6. The van der Waals surface area contributed by atoms with Crippen LogP contribution in [0.2, 0.25) is 0 Å². The minimum Gasteiger partial charge on any atom is -0.288 e. The lowest BCUT2D eigenvalue weighted by Crippen LogP contribution is -2.17. The second-order valence-corrected chi connectivity index (χ2v) is 9.88. The Hall–Kier alpha value is -2.72. The Labute approximate surface area is 193 Å². The molecule has 0 aliphatic heterocycles. The van der Waals surface area contributed by atoms with Gasteiger partial charge in [-0.1, -0.05) is 13.3 Å². The molecular weight excluding hydrogens is 448 g/mol. The van der Waals surface area contributed by atoms with E-state index in [-0.39, 0.29) is 23.1 Å². The first-order valence-electron chi connectivity index (χ1n) is 10.4. The summed E-state index contributed by atoms with van der Waals surface area (Å²) >= 11 is 2.93. The van der Waals surface area contributed by atoms with Crippen LogP contribution in [0.3, 0.4) is 0 Å². The van der Waals surface area contributed by atoms with E-state index < -0.39 is 0 Å². The summed E-state index contributed by atoms with van der Waals surface area (Å²) in [6.45, 7) is 2.03. The molecule has 3 aliphatic rings. The zero-order valence-corrected chi connectivity index (χ0v) is 19.1. The van der Waals surface area contributed by atoms with Crippen molar-refractivity contribution in [3.8, 4) is 0 Å². The van der Waals surface area contributed by atoms with Crippen LogP contribution >= 0.6 is 23.5 Å². The molecule has 0 amide bonds. The number of ketones is 4. The third kappa shape index (κ3) is 4.56. The number of nitrogens with zero attached hydrogens (tertiary/aromatic N) is 2. The molecule has 1 fully saturated rings. The van der Waals surface area contributed by atoms with E-state index in [9.17, 15) is 19.2 Å². The first kappa shape index (κ1) is 22.5. The van der Waals surface area contributed by atoms with Gasteiger partial charge in [-0.15, -0.1) is 23.5 Å². The predicted molar refractivity (Wildman–Crippen MR) is 123 cm³/mol. The van der Waals surface area contributed by atoms with Crippen LogP contribution in [-0.2, 0) is 0 Å². The summed E-state index contributed by atoms with van der Waals surface area (Å²) in [5.74, 6) is 2.02. The van der Waals surface area contributed by atoms with Crippen molar-refractivity contribution in [2.45, 2.75) is 32.6 Å². The normalized spacial score (nSPS) is 17.7. The maximum Gasteiger partial charge on any atom is 0.205 e. The second kappa shape index (κ2) is 9.83. The number of nitrogens with one attached hydrogen (secondary N) is 2. The highest BCUT2D eigenvalue weighted by Gasteiger charge is 2.29. The molecule has 32 heavy (non-hydrogen) atoms. The largest absolute Gasteiger partial charge is 0.288 e. The first-order chi connectivity index (χ1) is 15.5. The van der Waals surface area contributed by atoms with Crippen molar-refractivity contribution in [1.29, 1.82) is 0 Å². The van der Waals surface area contributed by atoms with Crippen LogP contribution < -0.4 is 0 Å². The van der Waals surface area contributed by atoms with E-state index in [0.717, 1.165) is 23.8 Å². The molecule has 8 nitrogen and oxygen atoms in total. The molecular formula is C22H22N4O4S2. The van der Waals surface area contributed by atoms with Gasteiger partial charge in [0.1, 0.15) is 11.4 Å². The fourth-order valence-electron chi connectivity index (χ4n) is 3.36. The van der Waals surface area contributed by atoms with Crippen LogP contribution in [0.4, 0.5) is 0 Å². The Kier molecular flexibility index (Phi) is 6.90. The van der Waals surface area contributed by atoms with Crippen molar-refractivity contribution in [2.75, 3.05) is 11.5 Å². The average Bonchev–Trinajstić information content (AvgIpc) is 3.43. The van der Waals surface area contributed by atoms with Gasteiger partial charge in [0, 0.05) is 17.9 Å². The third-order valence-electron chi connectivity index (χ3n) is 5.39. The molecule has 0 atom stereocenters. The smallest absolute Gasteiger partial charge is 0.205 e.